The molecule has 1 N–H and O–H groups in total. The largest absolute Gasteiger partial charge is 0.379 e. The number of rotatable bonds is 12. The molecule has 0 spiro atoms. The van der Waals surface area contributed by atoms with E-state index in [0.29, 0.717) is 17.7 Å². The Hall–Kier alpha value is -2.36. The van der Waals surface area contributed by atoms with Gasteiger partial charge >= 0.3 is 0 Å². The Labute approximate surface area is 226 Å². The summed E-state index contributed by atoms with van der Waals surface area (Å²) in [5.74, 6) is 0. The summed E-state index contributed by atoms with van der Waals surface area (Å²) in [6.45, 7) is 5.04. The second kappa shape index (κ2) is 13.4. The minimum Gasteiger partial charge on any atom is -0.379 e. The van der Waals surface area contributed by atoms with E-state index >= 15 is 0 Å². The fourth-order valence-electron chi connectivity index (χ4n) is 4.38. The second-order valence-corrected chi connectivity index (χ2v) is 9.90. The summed E-state index contributed by atoms with van der Waals surface area (Å²) in [4.78, 5) is 0. The molecule has 7 heteroatoms. The van der Waals surface area contributed by atoms with Gasteiger partial charge in [-0.2, -0.15) is 0 Å². The number of hydrogen-bond acceptors (Lipinski definition) is 6. The molecule has 6 nitrogen and oxygen atoms in total. The summed E-state index contributed by atoms with van der Waals surface area (Å²) < 4.78 is 30.9. The fraction of sp³-hybridized carbons (Fsp3) is 0.333. The van der Waals surface area contributed by atoms with Crippen LogP contribution in [0.15, 0.2) is 102 Å². The van der Waals surface area contributed by atoms with E-state index in [4.69, 9.17) is 23.7 Å². The molecule has 0 radical (unpaired) electrons. The van der Waals surface area contributed by atoms with Gasteiger partial charge in [0.05, 0.1) is 26.4 Å². The summed E-state index contributed by atoms with van der Waals surface area (Å²) in [5.41, 5.74) is 1.30. The number of benzene rings is 3. The van der Waals surface area contributed by atoms with Gasteiger partial charge in [-0.3, -0.25) is 0 Å². The Bertz CT molecular complexity index is 1100. The summed E-state index contributed by atoms with van der Waals surface area (Å²) >= 11 is 3.45. The molecule has 3 aromatic carbocycles. The van der Waals surface area contributed by atoms with Crippen LogP contribution in [-0.2, 0) is 43.5 Å². The lowest BCUT2D eigenvalue weighted by atomic mass is 9.83. The molecule has 1 saturated heterocycles. The molecule has 1 aliphatic heterocycles. The third-order valence-corrected chi connectivity index (χ3v) is 7.03. The topological polar surface area (TPSA) is 66.4 Å². The molecule has 4 rings (SSSR count). The molecule has 1 aliphatic rings. The molecule has 0 aliphatic carbocycles. The van der Waals surface area contributed by atoms with Gasteiger partial charge in [0.1, 0.15) is 18.3 Å². The van der Waals surface area contributed by atoms with Crippen molar-refractivity contribution in [1.82, 2.24) is 0 Å². The van der Waals surface area contributed by atoms with Crippen LogP contribution in [0, 0.1) is 0 Å². The lowest BCUT2D eigenvalue weighted by Gasteiger charge is -2.50. The lowest BCUT2D eigenvalue weighted by molar-refractivity contribution is -0.335. The van der Waals surface area contributed by atoms with Crippen molar-refractivity contribution in [2.75, 3.05) is 13.7 Å². The lowest BCUT2D eigenvalue weighted by Crippen LogP contribution is -2.68. The van der Waals surface area contributed by atoms with Crippen molar-refractivity contribution in [1.29, 1.82) is 0 Å². The molecule has 5 atom stereocenters. The van der Waals surface area contributed by atoms with E-state index in [9.17, 15) is 5.11 Å². The van der Waals surface area contributed by atoms with Gasteiger partial charge in [0.15, 0.2) is 11.9 Å². The van der Waals surface area contributed by atoms with Gasteiger partial charge in [-0.15, -0.1) is 0 Å². The van der Waals surface area contributed by atoms with E-state index in [1.807, 2.05) is 91.0 Å². The predicted octanol–water partition coefficient (Wildman–Crippen LogP) is 5.39. The van der Waals surface area contributed by atoms with E-state index < -0.39 is 30.2 Å². The quantitative estimate of drug-likeness (QED) is 0.316. The van der Waals surface area contributed by atoms with E-state index in [-0.39, 0.29) is 13.2 Å². The van der Waals surface area contributed by atoms with Crippen LogP contribution in [0.2, 0.25) is 0 Å². The van der Waals surface area contributed by atoms with Crippen molar-refractivity contribution in [3.8, 4) is 0 Å². The SMILES string of the molecule is C=C(Br)[C@]1(O)[C@H](OCc2ccccc2)[C@@H](OCc2ccccc2)[C@@H](OC)O[C@@H]1COCc1ccccc1. The zero-order valence-electron chi connectivity index (χ0n) is 20.9. The molecule has 0 bridgehead atoms. The van der Waals surface area contributed by atoms with Crippen LogP contribution in [-0.4, -0.2) is 49.0 Å². The number of hydrogen-bond donors (Lipinski definition) is 1. The normalized spacial score (nSPS) is 25.6. The van der Waals surface area contributed by atoms with Crippen molar-refractivity contribution >= 4 is 15.9 Å². The van der Waals surface area contributed by atoms with Crippen molar-refractivity contribution in [3.05, 3.63) is 119 Å². The first-order valence-electron chi connectivity index (χ1n) is 12.2. The van der Waals surface area contributed by atoms with Crippen molar-refractivity contribution in [2.24, 2.45) is 0 Å². The molecule has 37 heavy (non-hydrogen) atoms. The molecule has 3 aromatic rings. The molecular weight excluding hydrogens is 536 g/mol. The first-order valence-corrected chi connectivity index (χ1v) is 13.0. The second-order valence-electron chi connectivity index (χ2n) is 8.94. The average Bonchev–Trinajstić information content (AvgIpc) is 2.93. The summed E-state index contributed by atoms with van der Waals surface area (Å²) in [7, 11) is 1.55. The maximum Gasteiger partial charge on any atom is 0.186 e. The van der Waals surface area contributed by atoms with Crippen LogP contribution in [0.5, 0.6) is 0 Å². The summed E-state index contributed by atoms with van der Waals surface area (Å²) in [5, 5.41) is 12.1. The first-order chi connectivity index (χ1) is 18.0. The number of ether oxygens (including phenoxy) is 5. The zero-order chi connectivity index (χ0) is 26.1. The minimum atomic E-state index is -1.66. The van der Waals surface area contributed by atoms with Gasteiger partial charge in [0.2, 0.25) is 0 Å². The molecule has 1 fully saturated rings. The van der Waals surface area contributed by atoms with Gasteiger partial charge in [-0.1, -0.05) is 114 Å². The number of methoxy groups -OCH3 is 1. The average molecular weight is 569 g/mol. The molecule has 1 heterocycles. The predicted molar refractivity (Wildman–Crippen MR) is 145 cm³/mol. The third-order valence-electron chi connectivity index (χ3n) is 6.39. The Morgan fingerprint density at radius 1 is 0.838 bits per heavy atom. The molecule has 0 saturated carbocycles. The Balaban J connectivity index is 1.58. The van der Waals surface area contributed by atoms with Crippen molar-refractivity contribution in [3.63, 3.8) is 0 Å². The standard InChI is InChI=1S/C30H33BrO6/c1-22(31)30(32)26(21-34-18-23-12-6-3-7-13-23)37-29(33-2)27(35-19-24-14-8-4-9-15-24)28(30)36-20-25-16-10-5-11-17-25/h3-17,26-29,32H,1,18-21H2,2H3/t26-,27-,28-,29+,30-/m1/s1. The molecule has 0 amide bonds. The third kappa shape index (κ3) is 6.94. The molecule has 0 aromatic heterocycles. The van der Waals surface area contributed by atoms with Crippen molar-refractivity contribution < 1.29 is 28.8 Å². The van der Waals surface area contributed by atoms with E-state index in [2.05, 4.69) is 22.5 Å². The van der Waals surface area contributed by atoms with Crippen LogP contribution in [0.25, 0.3) is 0 Å². The van der Waals surface area contributed by atoms with Crippen LogP contribution < -0.4 is 0 Å². The highest BCUT2D eigenvalue weighted by atomic mass is 79.9. The van der Waals surface area contributed by atoms with Crippen LogP contribution in [0.4, 0.5) is 0 Å². The highest BCUT2D eigenvalue weighted by molar-refractivity contribution is 9.11. The maximum absolute atomic E-state index is 12.1. The highest BCUT2D eigenvalue weighted by Gasteiger charge is 2.58. The molecular formula is C30H33BrO6. The number of halogens is 1. The summed E-state index contributed by atoms with van der Waals surface area (Å²) in [6.07, 6.45) is -3.25. The highest BCUT2D eigenvalue weighted by Crippen LogP contribution is 2.41. The van der Waals surface area contributed by atoms with Gasteiger partial charge in [0, 0.05) is 11.6 Å². The van der Waals surface area contributed by atoms with E-state index in [0.717, 1.165) is 16.7 Å². The Morgan fingerprint density at radius 2 is 1.32 bits per heavy atom. The van der Waals surface area contributed by atoms with E-state index in [1.54, 1.807) is 7.11 Å². The molecule has 196 valence electrons. The molecule has 0 unspecified atom stereocenters. The van der Waals surface area contributed by atoms with Gasteiger partial charge in [0.25, 0.3) is 0 Å². The Kier molecular flexibility index (Phi) is 10.1. The van der Waals surface area contributed by atoms with E-state index in [1.165, 1.54) is 0 Å². The summed E-state index contributed by atoms with van der Waals surface area (Å²) in [6, 6.07) is 29.4. The minimum absolute atomic E-state index is 0.0898. The zero-order valence-corrected chi connectivity index (χ0v) is 22.5. The smallest absolute Gasteiger partial charge is 0.186 e. The first kappa shape index (κ1) is 27.7. The maximum atomic E-state index is 12.1. The monoisotopic (exact) mass is 568 g/mol. The van der Waals surface area contributed by atoms with Gasteiger partial charge in [-0.05, 0) is 16.7 Å². The Morgan fingerprint density at radius 3 is 1.81 bits per heavy atom. The van der Waals surface area contributed by atoms with Crippen LogP contribution in [0.1, 0.15) is 16.7 Å². The van der Waals surface area contributed by atoms with Crippen LogP contribution >= 0.6 is 15.9 Å². The van der Waals surface area contributed by atoms with Gasteiger partial charge in [-0.25, -0.2) is 0 Å². The van der Waals surface area contributed by atoms with Crippen molar-refractivity contribution in [2.45, 2.75) is 50.0 Å². The fourth-order valence-corrected chi connectivity index (χ4v) is 4.86. The number of aliphatic hydroxyl groups is 1. The van der Waals surface area contributed by atoms with Crippen LogP contribution in [0.3, 0.4) is 0 Å². The van der Waals surface area contributed by atoms with Gasteiger partial charge < -0.3 is 28.8 Å².